The second-order valence-electron chi connectivity index (χ2n) is 5.26. The normalized spacial score (nSPS) is 13.4. The van der Waals surface area contributed by atoms with Crippen LogP contribution >= 0.6 is 0 Å². The average molecular weight is 315 g/mol. The van der Waals surface area contributed by atoms with Gasteiger partial charge in [0.05, 0.1) is 0 Å². The van der Waals surface area contributed by atoms with E-state index in [2.05, 4.69) is 17.4 Å². The molecular weight excluding hydrogens is 294 g/mol. The molecule has 1 N–H and O–H groups in total. The van der Waals surface area contributed by atoms with Gasteiger partial charge in [0.15, 0.2) is 0 Å². The number of carbonyl (C=O) groups is 1. The van der Waals surface area contributed by atoms with Crippen molar-refractivity contribution < 1.29 is 9.00 Å². The number of benzene rings is 2. The summed E-state index contributed by atoms with van der Waals surface area (Å²) in [5.41, 5.74) is 2.39. The van der Waals surface area contributed by atoms with Gasteiger partial charge in [0.2, 0.25) is 5.91 Å². The first kappa shape index (κ1) is 16.4. The van der Waals surface area contributed by atoms with Crippen molar-refractivity contribution in [2.75, 3.05) is 12.8 Å². The first-order valence-electron chi connectivity index (χ1n) is 7.30. The molecule has 1 amide bonds. The highest BCUT2D eigenvalue weighted by atomic mass is 32.2. The molecule has 2 atom stereocenters. The van der Waals surface area contributed by atoms with Crippen LogP contribution in [0.3, 0.4) is 0 Å². The van der Waals surface area contributed by atoms with Gasteiger partial charge in [0, 0.05) is 41.3 Å². The first-order valence-corrected chi connectivity index (χ1v) is 8.86. The number of hydrogen-bond acceptors (Lipinski definition) is 2. The SMILES string of the molecule is CC(=O)NCC[C@@H](c1ccccc1)c1ccc([S@@](C)=O)cc1. The molecule has 0 aliphatic rings. The molecule has 2 rings (SSSR count). The van der Waals surface area contributed by atoms with Crippen molar-refractivity contribution in [2.45, 2.75) is 24.2 Å². The second-order valence-corrected chi connectivity index (χ2v) is 6.64. The van der Waals surface area contributed by atoms with Crippen LogP contribution in [0.4, 0.5) is 0 Å². The molecule has 0 saturated heterocycles. The van der Waals surface area contributed by atoms with Crippen LogP contribution in [0.25, 0.3) is 0 Å². The molecule has 0 aliphatic heterocycles. The third-order valence-corrected chi connectivity index (χ3v) is 4.56. The summed E-state index contributed by atoms with van der Waals surface area (Å²) in [5.74, 6) is 0.205. The summed E-state index contributed by atoms with van der Waals surface area (Å²) in [6.45, 7) is 2.17. The Bertz CT molecular complexity index is 638. The Morgan fingerprint density at radius 3 is 2.18 bits per heavy atom. The van der Waals surface area contributed by atoms with Crippen LogP contribution in [0.5, 0.6) is 0 Å². The standard InChI is InChI=1S/C18H21NO2S/c1-14(20)19-13-12-18(15-6-4-3-5-7-15)16-8-10-17(11-9-16)22(2)21/h3-11,18H,12-13H2,1-2H3,(H,19,20)/t18-,22+/m0/s1. The van der Waals surface area contributed by atoms with E-state index in [-0.39, 0.29) is 11.8 Å². The van der Waals surface area contributed by atoms with Crippen LogP contribution in [0.15, 0.2) is 59.5 Å². The van der Waals surface area contributed by atoms with Gasteiger partial charge in [-0.05, 0) is 29.7 Å². The second kappa shape index (κ2) is 7.90. The summed E-state index contributed by atoms with van der Waals surface area (Å²) >= 11 is 0. The van der Waals surface area contributed by atoms with E-state index in [4.69, 9.17) is 0 Å². The van der Waals surface area contributed by atoms with Crippen LogP contribution in [0.2, 0.25) is 0 Å². The van der Waals surface area contributed by atoms with Crippen molar-refractivity contribution in [1.82, 2.24) is 5.32 Å². The van der Waals surface area contributed by atoms with Crippen molar-refractivity contribution in [3.63, 3.8) is 0 Å². The lowest BCUT2D eigenvalue weighted by atomic mass is 9.88. The Morgan fingerprint density at radius 2 is 1.64 bits per heavy atom. The van der Waals surface area contributed by atoms with E-state index in [9.17, 15) is 9.00 Å². The van der Waals surface area contributed by atoms with Crippen molar-refractivity contribution in [3.8, 4) is 0 Å². The molecule has 4 heteroatoms. The molecule has 2 aromatic carbocycles. The number of carbonyl (C=O) groups excluding carboxylic acids is 1. The largest absolute Gasteiger partial charge is 0.356 e. The van der Waals surface area contributed by atoms with E-state index < -0.39 is 10.8 Å². The highest BCUT2D eigenvalue weighted by Gasteiger charge is 2.14. The van der Waals surface area contributed by atoms with Gasteiger partial charge in [-0.3, -0.25) is 9.00 Å². The van der Waals surface area contributed by atoms with E-state index in [1.165, 1.54) is 18.1 Å². The highest BCUT2D eigenvalue weighted by Crippen LogP contribution is 2.28. The number of nitrogens with one attached hydrogen (secondary N) is 1. The fourth-order valence-electron chi connectivity index (χ4n) is 2.50. The van der Waals surface area contributed by atoms with Crippen LogP contribution in [-0.2, 0) is 15.6 Å². The lowest BCUT2D eigenvalue weighted by molar-refractivity contribution is -0.118. The molecule has 0 radical (unpaired) electrons. The van der Waals surface area contributed by atoms with E-state index in [0.29, 0.717) is 6.54 Å². The minimum absolute atomic E-state index is 0.0106. The Labute approximate surface area is 134 Å². The number of rotatable bonds is 6. The lowest BCUT2D eigenvalue weighted by Crippen LogP contribution is -2.22. The third-order valence-electron chi connectivity index (χ3n) is 3.62. The molecule has 0 heterocycles. The van der Waals surface area contributed by atoms with Crippen molar-refractivity contribution in [1.29, 1.82) is 0 Å². The molecule has 0 bridgehead atoms. The van der Waals surface area contributed by atoms with Gasteiger partial charge >= 0.3 is 0 Å². The van der Waals surface area contributed by atoms with Gasteiger partial charge in [-0.2, -0.15) is 0 Å². The van der Waals surface area contributed by atoms with Crippen LogP contribution in [0.1, 0.15) is 30.4 Å². The lowest BCUT2D eigenvalue weighted by Gasteiger charge is -2.18. The fraction of sp³-hybridized carbons (Fsp3) is 0.278. The average Bonchev–Trinajstić information content (AvgIpc) is 2.52. The smallest absolute Gasteiger partial charge is 0.216 e. The van der Waals surface area contributed by atoms with Gasteiger partial charge in [0.25, 0.3) is 0 Å². The van der Waals surface area contributed by atoms with E-state index in [1.54, 1.807) is 6.26 Å². The molecule has 116 valence electrons. The Kier molecular flexibility index (Phi) is 5.90. The van der Waals surface area contributed by atoms with Gasteiger partial charge in [-0.1, -0.05) is 42.5 Å². The number of hydrogen-bond donors (Lipinski definition) is 1. The number of amides is 1. The molecular formula is C18H21NO2S. The van der Waals surface area contributed by atoms with Crippen LogP contribution in [-0.4, -0.2) is 22.9 Å². The van der Waals surface area contributed by atoms with Crippen molar-refractivity contribution in [2.24, 2.45) is 0 Å². The van der Waals surface area contributed by atoms with Gasteiger partial charge in [-0.25, -0.2) is 0 Å². The molecule has 22 heavy (non-hydrogen) atoms. The molecule has 0 spiro atoms. The quantitative estimate of drug-likeness (QED) is 0.890. The van der Waals surface area contributed by atoms with Gasteiger partial charge < -0.3 is 5.32 Å². The van der Waals surface area contributed by atoms with Gasteiger partial charge in [0.1, 0.15) is 0 Å². The maximum Gasteiger partial charge on any atom is 0.216 e. The van der Waals surface area contributed by atoms with Crippen LogP contribution < -0.4 is 5.32 Å². The topological polar surface area (TPSA) is 46.2 Å². The van der Waals surface area contributed by atoms with E-state index in [1.807, 2.05) is 42.5 Å². The maximum absolute atomic E-state index is 11.5. The van der Waals surface area contributed by atoms with Crippen molar-refractivity contribution in [3.05, 3.63) is 65.7 Å². The third kappa shape index (κ3) is 4.53. The summed E-state index contributed by atoms with van der Waals surface area (Å²) in [4.78, 5) is 11.9. The minimum Gasteiger partial charge on any atom is -0.356 e. The molecule has 0 aromatic heterocycles. The Morgan fingerprint density at radius 1 is 1.05 bits per heavy atom. The monoisotopic (exact) mass is 315 g/mol. The Balaban J connectivity index is 2.23. The highest BCUT2D eigenvalue weighted by molar-refractivity contribution is 7.84. The first-order chi connectivity index (χ1) is 10.6. The summed E-state index contributed by atoms with van der Waals surface area (Å²) < 4.78 is 11.5. The molecule has 0 fully saturated rings. The molecule has 0 saturated carbocycles. The predicted molar refractivity (Wildman–Crippen MR) is 90.4 cm³/mol. The predicted octanol–water partition coefficient (Wildman–Crippen LogP) is 3.08. The summed E-state index contributed by atoms with van der Waals surface area (Å²) in [6, 6.07) is 18.1. The molecule has 3 nitrogen and oxygen atoms in total. The zero-order valence-corrected chi connectivity index (χ0v) is 13.7. The van der Waals surface area contributed by atoms with Gasteiger partial charge in [-0.15, -0.1) is 0 Å². The Hall–Kier alpha value is -1.94. The van der Waals surface area contributed by atoms with Crippen LogP contribution in [0, 0.1) is 0 Å². The molecule has 0 unspecified atom stereocenters. The molecule has 2 aromatic rings. The minimum atomic E-state index is -0.963. The van der Waals surface area contributed by atoms with E-state index in [0.717, 1.165) is 11.3 Å². The zero-order valence-electron chi connectivity index (χ0n) is 12.9. The van der Waals surface area contributed by atoms with Crippen molar-refractivity contribution >= 4 is 16.7 Å². The van der Waals surface area contributed by atoms with E-state index >= 15 is 0 Å². The maximum atomic E-state index is 11.5. The summed E-state index contributed by atoms with van der Waals surface area (Å²) in [7, 11) is -0.963. The zero-order chi connectivity index (χ0) is 15.9. The molecule has 0 aliphatic carbocycles. The summed E-state index contributed by atoms with van der Waals surface area (Å²) in [5, 5.41) is 2.86. The fourth-order valence-corrected chi connectivity index (χ4v) is 3.01. The summed E-state index contributed by atoms with van der Waals surface area (Å²) in [6.07, 6.45) is 2.51.